The van der Waals surface area contributed by atoms with Crippen LogP contribution in [0.1, 0.15) is 35.7 Å². The lowest BCUT2D eigenvalue weighted by molar-refractivity contribution is -0.132. The Hall–Kier alpha value is -3.94. The van der Waals surface area contributed by atoms with Gasteiger partial charge in [-0.1, -0.05) is 30.3 Å². The maximum Gasteiger partial charge on any atom is 0.272 e. The molecule has 3 amide bonds. The molecule has 3 heterocycles. The maximum absolute atomic E-state index is 12.9. The zero-order chi connectivity index (χ0) is 22.2. The van der Waals surface area contributed by atoms with Gasteiger partial charge in [-0.05, 0) is 30.5 Å². The smallest absolute Gasteiger partial charge is 0.272 e. The number of carbonyl (C=O) groups excluding carboxylic acids is 3. The van der Waals surface area contributed by atoms with Gasteiger partial charge in [-0.25, -0.2) is 5.43 Å². The Balaban J connectivity index is 1.48. The molecule has 0 saturated carbocycles. The second-order valence-corrected chi connectivity index (χ2v) is 8.19. The Morgan fingerprint density at radius 3 is 2.59 bits per heavy atom. The van der Waals surface area contributed by atoms with E-state index in [1.807, 2.05) is 36.4 Å². The normalized spacial score (nSPS) is 16.0. The van der Waals surface area contributed by atoms with E-state index in [1.165, 1.54) is 0 Å². The van der Waals surface area contributed by atoms with Gasteiger partial charge in [0.05, 0.1) is 17.5 Å². The first kappa shape index (κ1) is 20.0. The number of anilines is 1. The average molecular weight is 429 g/mol. The van der Waals surface area contributed by atoms with Crippen molar-refractivity contribution >= 4 is 40.5 Å². The number of benzene rings is 2. The molecule has 8 nitrogen and oxygen atoms in total. The topological polar surface area (TPSA) is 107 Å². The number of piperidine rings is 1. The van der Waals surface area contributed by atoms with Crippen molar-refractivity contribution in [3.8, 4) is 11.3 Å². The van der Waals surface area contributed by atoms with Gasteiger partial charge in [-0.2, -0.15) is 5.10 Å². The summed E-state index contributed by atoms with van der Waals surface area (Å²) in [5.41, 5.74) is 6.97. The Kier molecular flexibility index (Phi) is 4.97. The van der Waals surface area contributed by atoms with Crippen LogP contribution in [0.5, 0.6) is 0 Å². The van der Waals surface area contributed by atoms with E-state index in [0.717, 1.165) is 27.7 Å². The van der Waals surface area contributed by atoms with E-state index in [2.05, 4.69) is 20.8 Å². The molecule has 0 bridgehead atoms. The van der Waals surface area contributed by atoms with Gasteiger partial charge in [-0.3, -0.25) is 14.4 Å². The molecule has 3 aromatic rings. The van der Waals surface area contributed by atoms with Gasteiger partial charge >= 0.3 is 0 Å². The lowest BCUT2D eigenvalue weighted by atomic mass is 9.95. The highest BCUT2D eigenvalue weighted by atomic mass is 16.2. The van der Waals surface area contributed by atoms with Crippen LogP contribution in [-0.2, 0) is 9.59 Å². The summed E-state index contributed by atoms with van der Waals surface area (Å²) in [7, 11) is 0. The fourth-order valence-electron chi connectivity index (χ4n) is 4.49. The summed E-state index contributed by atoms with van der Waals surface area (Å²) < 4.78 is 0. The molecule has 2 aliphatic heterocycles. The van der Waals surface area contributed by atoms with Crippen LogP contribution in [0.2, 0.25) is 0 Å². The molecule has 0 aliphatic carbocycles. The summed E-state index contributed by atoms with van der Waals surface area (Å²) in [4.78, 5) is 42.3. The van der Waals surface area contributed by atoms with Crippen LogP contribution >= 0.6 is 0 Å². The Labute approximate surface area is 184 Å². The van der Waals surface area contributed by atoms with Crippen LogP contribution in [-0.4, -0.2) is 46.9 Å². The number of amides is 3. The highest BCUT2D eigenvalue weighted by Gasteiger charge is 2.27. The average Bonchev–Trinajstić information content (AvgIpc) is 3.08. The van der Waals surface area contributed by atoms with Gasteiger partial charge < -0.3 is 15.2 Å². The minimum absolute atomic E-state index is 0.0366. The highest BCUT2D eigenvalue weighted by Crippen LogP contribution is 2.34. The number of H-pyrrole nitrogens is 1. The maximum atomic E-state index is 12.9. The van der Waals surface area contributed by atoms with E-state index in [-0.39, 0.29) is 23.6 Å². The van der Waals surface area contributed by atoms with E-state index in [0.29, 0.717) is 37.2 Å². The van der Waals surface area contributed by atoms with Crippen molar-refractivity contribution in [2.24, 2.45) is 11.0 Å². The lowest BCUT2D eigenvalue weighted by Crippen LogP contribution is -2.40. The molecular formula is C24H23N5O3. The van der Waals surface area contributed by atoms with Crippen LogP contribution in [0.3, 0.4) is 0 Å². The van der Waals surface area contributed by atoms with Crippen LogP contribution in [0.25, 0.3) is 22.2 Å². The fourth-order valence-corrected chi connectivity index (χ4v) is 4.49. The molecule has 5 rings (SSSR count). The summed E-state index contributed by atoms with van der Waals surface area (Å²) in [5.74, 6) is -0.555. The van der Waals surface area contributed by atoms with Gasteiger partial charge in [0.2, 0.25) is 11.8 Å². The summed E-state index contributed by atoms with van der Waals surface area (Å²) >= 11 is 0. The first-order valence-corrected chi connectivity index (χ1v) is 10.7. The Morgan fingerprint density at radius 1 is 1.12 bits per heavy atom. The van der Waals surface area contributed by atoms with Crippen molar-refractivity contribution in [1.29, 1.82) is 0 Å². The van der Waals surface area contributed by atoms with E-state index in [1.54, 1.807) is 24.1 Å². The van der Waals surface area contributed by atoms with Gasteiger partial charge in [0.15, 0.2) is 0 Å². The quantitative estimate of drug-likeness (QED) is 0.595. The minimum Gasteiger partial charge on any atom is -0.354 e. The third-order valence-corrected chi connectivity index (χ3v) is 6.18. The molecule has 0 atom stereocenters. The van der Waals surface area contributed by atoms with Crippen LogP contribution in [0.15, 0.2) is 47.6 Å². The molecule has 2 aliphatic rings. The van der Waals surface area contributed by atoms with E-state index >= 15 is 0 Å². The predicted molar refractivity (Wildman–Crippen MR) is 122 cm³/mol. The summed E-state index contributed by atoms with van der Waals surface area (Å²) in [6.07, 6.45) is 2.90. The summed E-state index contributed by atoms with van der Waals surface area (Å²) in [5, 5.41) is 7.82. The van der Waals surface area contributed by atoms with Crippen LogP contribution in [0, 0.1) is 5.92 Å². The molecule has 1 saturated heterocycles. The Bertz CT molecular complexity index is 1250. The fraction of sp³-hybridized carbons (Fsp3) is 0.250. The second kappa shape index (κ2) is 7.96. The number of nitrogens with zero attached hydrogens (tertiary/aromatic N) is 2. The summed E-state index contributed by atoms with van der Waals surface area (Å²) in [6.45, 7) is 2.71. The molecule has 2 aromatic carbocycles. The van der Waals surface area contributed by atoms with E-state index in [4.69, 9.17) is 0 Å². The van der Waals surface area contributed by atoms with E-state index < -0.39 is 0 Å². The van der Waals surface area contributed by atoms with Crippen molar-refractivity contribution in [2.45, 2.75) is 19.8 Å². The zero-order valence-electron chi connectivity index (χ0n) is 17.6. The standard InChI is InChI=1S/C24H23N5O3/c1-14(30)29-9-7-16(8-10-29)23(31)26-17-11-18-21-19(13-25-28-24(18)32)22(27-20(21)12-17)15-5-3-2-4-6-15/h2-6,11-13,16,27H,7-10H2,1H3,(H,26,31)(H,28,32). The van der Waals surface area contributed by atoms with E-state index in [9.17, 15) is 14.4 Å². The SMILES string of the molecule is CC(=O)N1CCC(C(=O)Nc2cc3c4c(c(-c5ccccc5)[nH]c4c2)C=NNC3=O)CC1. The zero-order valence-corrected chi connectivity index (χ0v) is 17.6. The number of nitrogens with one attached hydrogen (secondary N) is 3. The molecule has 0 radical (unpaired) electrons. The van der Waals surface area contributed by atoms with Crippen LogP contribution < -0.4 is 10.7 Å². The molecule has 162 valence electrons. The molecule has 0 unspecified atom stereocenters. The largest absolute Gasteiger partial charge is 0.354 e. The monoisotopic (exact) mass is 429 g/mol. The molecule has 1 fully saturated rings. The van der Waals surface area contributed by atoms with Gasteiger partial charge in [0, 0.05) is 48.1 Å². The number of aromatic amines is 1. The predicted octanol–water partition coefficient (Wildman–Crippen LogP) is 3.11. The first-order chi connectivity index (χ1) is 15.5. The summed E-state index contributed by atoms with van der Waals surface area (Å²) in [6, 6.07) is 13.4. The molecular weight excluding hydrogens is 406 g/mol. The lowest BCUT2D eigenvalue weighted by Gasteiger charge is -2.30. The van der Waals surface area contributed by atoms with Crippen molar-refractivity contribution in [3.05, 3.63) is 53.6 Å². The highest BCUT2D eigenvalue weighted by molar-refractivity contribution is 6.18. The van der Waals surface area contributed by atoms with Gasteiger partial charge in [0.1, 0.15) is 0 Å². The van der Waals surface area contributed by atoms with Gasteiger partial charge in [0.25, 0.3) is 5.91 Å². The number of likely N-dealkylation sites (tertiary alicyclic amines) is 1. The number of hydrogen-bond acceptors (Lipinski definition) is 4. The van der Waals surface area contributed by atoms with Crippen molar-refractivity contribution in [1.82, 2.24) is 15.3 Å². The number of aromatic nitrogens is 1. The third-order valence-electron chi connectivity index (χ3n) is 6.18. The molecule has 1 aromatic heterocycles. The number of carbonyl (C=O) groups is 3. The second-order valence-electron chi connectivity index (χ2n) is 8.19. The molecule has 3 N–H and O–H groups in total. The minimum atomic E-state index is -0.325. The van der Waals surface area contributed by atoms with Crippen LogP contribution in [0.4, 0.5) is 5.69 Å². The van der Waals surface area contributed by atoms with Crippen molar-refractivity contribution < 1.29 is 14.4 Å². The number of hydrazone groups is 1. The molecule has 8 heteroatoms. The first-order valence-electron chi connectivity index (χ1n) is 10.7. The molecule has 32 heavy (non-hydrogen) atoms. The third kappa shape index (κ3) is 3.53. The number of rotatable bonds is 3. The number of hydrogen-bond donors (Lipinski definition) is 3. The van der Waals surface area contributed by atoms with Crippen molar-refractivity contribution in [2.75, 3.05) is 18.4 Å². The van der Waals surface area contributed by atoms with Crippen molar-refractivity contribution in [3.63, 3.8) is 0 Å². The Morgan fingerprint density at radius 2 is 1.88 bits per heavy atom. The van der Waals surface area contributed by atoms with Gasteiger partial charge in [-0.15, -0.1) is 0 Å². The molecule has 0 spiro atoms.